The Bertz CT molecular complexity index is 263. The average molecular weight is 193 g/mol. The lowest BCUT2D eigenvalue weighted by atomic mass is 10.0. The van der Waals surface area contributed by atoms with Crippen molar-refractivity contribution in [3.8, 4) is 0 Å². The molecule has 0 unspecified atom stereocenters. The third-order valence-electron chi connectivity index (χ3n) is 1.99. The van der Waals surface area contributed by atoms with Gasteiger partial charge < -0.3 is 10.4 Å². The minimum Gasteiger partial charge on any atom is -0.394 e. The van der Waals surface area contributed by atoms with Crippen molar-refractivity contribution in [1.29, 1.82) is 0 Å². The van der Waals surface area contributed by atoms with E-state index in [1.54, 1.807) is 0 Å². The summed E-state index contributed by atoms with van der Waals surface area (Å²) < 4.78 is 0. The molecule has 0 aliphatic carbocycles. The number of aliphatic hydroxyl groups excluding tert-OH is 1. The van der Waals surface area contributed by atoms with Crippen LogP contribution in [0, 0.1) is 0 Å². The van der Waals surface area contributed by atoms with Crippen molar-refractivity contribution in [3.05, 3.63) is 35.9 Å². The molecule has 2 nitrogen and oxygen atoms in total. The predicted octanol–water partition coefficient (Wildman–Crippen LogP) is 2.11. The highest BCUT2D eigenvalue weighted by atomic mass is 16.3. The number of benzene rings is 1. The predicted molar refractivity (Wildman–Crippen MR) is 59.2 cm³/mol. The van der Waals surface area contributed by atoms with Crippen LogP contribution in [-0.2, 0) is 0 Å². The Hall–Kier alpha value is -0.860. The van der Waals surface area contributed by atoms with E-state index in [-0.39, 0.29) is 18.2 Å². The number of hydrogen-bond acceptors (Lipinski definition) is 2. The summed E-state index contributed by atoms with van der Waals surface area (Å²) >= 11 is 0. The van der Waals surface area contributed by atoms with Gasteiger partial charge in [-0.25, -0.2) is 0 Å². The summed E-state index contributed by atoms with van der Waals surface area (Å²) in [7, 11) is 0. The first-order valence-electron chi connectivity index (χ1n) is 4.96. The maximum atomic E-state index is 9.28. The fourth-order valence-electron chi connectivity index (χ4n) is 1.44. The van der Waals surface area contributed by atoms with Crippen molar-refractivity contribution in [1.82, 2.24) is 5.32 Å². The van der Waals surface area contributed by atoms with E-state index >= 15 is 0 Å². The van der Waals surface area contributed by atoms with Crippen LogP contribution in [0.1, 0.15) is 32.4 Å². The fourth-order valence-corrected chi connectivity index (χ4v) is 1.44. The highest BCUT2D eigenvalue weighted by molar-refractivity contribution is 5.19. The van der Waals surface area contributed by atoms with E-state index < -0.39 is 0 Å². The monoisotopic (exact) mass is 193 g/mol. The molecule has 1 rings (SSSR count). The van der Waals surface area contributed by atoms with Crippen LogP contribution in [0.2, 0.25) is 0 Å². The smallest absolute Gasteiger partial charge is 0.0626 e. The topological polar surface area (TPSA) is 32.3 Å². The number of nitrogens with one attached hydrogen (secondary N) is 1. The van der Waals surface area contributed by atoms with Gasteiger partial charge in [-0.3, -0.25) is 0 Å². The molecule has 0 fully saturated rings. The van der Waals surface area contributed by atoms with E-state index in [1.165, 1.54) is 0 Å². The van der Waals surface area contributed by atoms with Gasteiger partial charge in [-0.2, -0.15) is 0 Å². The quantitative estimate of drug-likeness (QED) is 0.770. The first kappa shape index (κ1) is 11.2. The van der Waals surface area contributed by atoms with E-state index in [0.29, 0.717) is 0 Å². The van der Waals surface area contributed by atoms with Crippen molar-refractivity contribution in [2.45, 2.75) is 32.4 Å². The standard InChI is InChI=1S/C12H19NO/c1-12(2,3)13-11(9-14)10-7-5-4-6-8-10/h4-8,11,13-14H,9H2,1-3H3/t11-/m1/s1. The van der Waals surface area contributed by atoms with Gasteiger partial charge >= 0.3 is 0 Å². The minimum absolute atomic E-state index is 0.0171. The second kappa shape index (κ2) is 4.58. The minimum atomic E-state index is 0.0171. The molecule has 0 saturated heterocycles. The summed E-state index contributed by atoms with van der Waals surface area (Å²) in [5.41, 5.74) is 1.15. The van der Waals surface area contributed by atoms with Gasteiger partial charge in [0.05, 0.1) is 12.6 Å². The third-order valence-corrected chi connectivity index (χ3v) is 1.99. The Morgan fingerprint density at radius 1 is 1.21 bits per heavy atom. The van der Waals surface area contributed by atoms with E-state index in [1.807, 2.05) is 30.3 Å². The number of rotatable bonds is 3. The molecule has 78 valence electrons. The molecule has 0 bridgehead atoms. The summed E-state index contributed by atoms with van der Waals surface area (Å²) in [4.78, 5) is 0. The highest BCUT2D eigenvalue weighted by Crippen LogP contribution is 2.15. The molecular formula is C12H19NO. The second-order valence-corrected chi connectivity index (χ2v) is 4.54. The first-order chi connectivity index (χ1) is 6.53. The Morgan fingerprint density at radius 2 is 1.79 bits per heavy atom. The van der Waals surface area contributed by atoms with Crippen LogP contribution in [0.3, 0.4) is 0 Å². The van der Waals surface area contributed by atoms with Gasteiger partial charge in [-0.05, 0) is 26.3 Å². The van der Waals surface area contributed by atoms with Crippen molar-refractivity contribution >= 4 is 0 Å². The second-order valence-electron chi connectivity index (χ2n) is 4.54. The maximum Gasteiger partial charge on any atom is 0.0626 e. The van der Waals surface area contributed by atoms with Crippen molar-refractivity contribution < 1.29 is 5.11 Å². The van der Waals surface area contributed by atoms with Crippen LogP contribution in [0.15, 0.2) is 30.3 Å². The van der Waals surface area contributed by atoms with Gasteiger partial charge in [-0.1, -0.05) is 30.3 Å². The van der Waals surface area contributed by atoms with Crippen LogP contribution in [0.4, 0.5) is 0 Å². The zero-order chi connectivity index (χ0) is 10.6. The Labute approximate surface area is 86.0 Å². The SMILES string of the molecule is CC(C)(C)N[C@H](CO)c1ccccc1. The lowest BCUT2D eigenvalue weighted by molar-refractivity contribution is 0.217. The Balaban J connectivity index is 2.73. The van der Waals surface area contributed by atoms with Crippen molar-refractivity contribution in [2.75, 3.05) is 6.61 Å². The Morgan fingerprint density at radius 3 is 2.21 bits per heavy atom. The van der Waals surface area contributed by atoms with Crippen LogP contribution < -0.4 is 5.32 Å². The van der Waals surface area contributed by atoms with Gasteiger partial charge in [0.15, 0.2) is 0 Å². The van der Waals surface area contributed by atoms with Gasteiger partial charge in [-0.15, -0.1) is 0 Å². The molecule has 2 heteroatoms. The third kappa shape index (κ3) is 3.48. The molecule has 1 aromatic rings. The number of aliphatic hydroxyl groups is 1. The molecule has 0 heterocycles. The van der Waals surface area contributed by atoms with Crippen molar-refractivity contribution in [2.24, 2.45) is 0 Å². The molecule has 0 amide bonds. The molecular weight excluding hydrogens is 174 g/mol. The fraction of sp³-hybridized carbons (Fsp3) is 0.500. The van der Waals surface area contributed by atoms with Gasteiger partial charge in [0.2, 0.25) is 0 Å². The van der Waals surface area contributed by atoms with Crippen molar-refractivity contribution in [3.63, 3.8) is 0 Å². The van der Waals surface area contributed by atoms with Crippen LogP contribution in [-0.4, -0.2) is 17.3 Å². The summed E-state index contributed by atoms with van der Waals surface area (Å²) in [6, 6.07) is 10.0. The summed E-state index contributed by atoms with van der Waals surface area (Å²) in [5.74, 6) is 0. The zero-order valence-corrected chi connectivity index (χ0v) is 9.12. The van der Waals surface area contributed by atoms with Gasteiger partial charge in [0.1, 0.15) is 0 Å². The lowest BCUT2D eigenvalue weighted by Gasteiger charge is -2.27. The Kier molecular flexibility index (Phi) is 3.67. The van der Waals surface area contributed by atoms with Gasteiger partial charge in [0, 0.05) is 5.54 Å². The molecule has 0 aliphatic heterocycles. The molecule has 0 aromatic heterocycles. The van der Waals surface area contributed by atoms with Crippen LogP contribution in [0.5, 0.6) is 0 Å². The molecule has 0 saturated carbocycles. The van der Waals surface area contributed by atoms with Crippen LogP contribution in [0.25, 0.3) is 0 Å². The molecule has 1 atom stereocenters. The molecule has 1 aromatic carbocycles. The van der Waals surface area contributed by atoms with E-state index in [0.717, 1.165) is 5.56 Å². The van der Waals surface area contributed by atoms with Crippen LogP contribution >= 0.6 is 0 Å². The summed E-state index contributed by atoms with van der Waals surface area (Å²) in [6.07, 6.45) is 0. The largest absolute Gasteiger partial charge is 0.394 e. The molecule has 0 aliphatic rings. The zero-order valence-electron chi connectivity index (χ0n) is 9.12. The van der Waals surface area contributed by atoms with E-state index in [9.17, 15) is 5.11 Å². The maximum absolute atomic E-state index is 9.28. The average Bonchev–Trinajstić information content (AvgIpc) is 2.14. The molecule has 2 N–H and O–H groups in total. The highest BCUT2D eigenvalue weighted by Gasteiger charge is 2.17. The lowest BCUT2D eigenvalue weighted by Crippen LogP contribution is -2.40. The number of hydrogen-bond donors (Lipinski definition) is 2. The normalized spacial score (nSPS) is 14.0. The van der Waals surface area contributed by atoms with Gasteiger partial charge in [0.25, 0.3) is 0 Å². The molecule has 0 radical (unpaired) electrons. The first-order valence-corrected chi connectivity index (χ1v) is 4.96. The molecule has 14 heavy (non-hydrogen) atoms. The van der Waals surface area contributed by atoms with E-state index in [2.05, 4.69) is 26.1 Å². The van der Waals surface area contributed by atoms with E-state index in [4.69, 9.17) is 0 Å². The summed E-state index contributed by atoms with van der Waals surface area (Å²) in [6.45, 7) is 6.41. The summed E-state index contributed by atoms with van der Waals surface area (Å²) in [5, 5.41) is 12.7. The molecule has 0 spiro atoms.